The fourth-order valence-corrected chi connectivity index (χ4v) is 1.52. The molecule has 0 radical (unpaired) electrons. The molecule has 17 heavy (non-hydrogen) atoms. The predicted octanol–water partition coefficient (Wildman–Crippen LogP) is 2.97. The SMILES string of the molecule is Cn1cc(C(=O)/C=C/c2ccc(Cl)cc2)cn1. The fourth-order valence-electron chi connectivity index (χ4n) is 1.39. The average molecular weight is 247 g/mol. The topological polar surface area (TPSA) is 34.9 Å². The van der Waals surface area contributed by atoms with E-state index in [1.807, 2.05) is 12.1 Å². The molecule has 0 saturated carbocycles. The summed E-state index contributed by atoms with van der Waals surface area (Å²) in [5.74, 6) is -0.0620. The van der Waals surface area contributed by atoms with Crippen LogP contribution in [0.5, 0.6) is 0 Å². The highest BCUT2D eigenvalue weighted by molar-refractivity contribution is 6.30. The van der Waals surface area contributed by atoms with Crippen molar-refractivity contribution in [3.05, 3.63) is 58.9 Å². The Hall–Kier alpha value is -1.87. The third-order valence-corrected chi connectivity index (χ3v) is 2.54. The normalized spacial score (nSPS) is 10.9. The van der Waals surface area contributed by atoms with Crippen LogP contribution in [-0.2, 0) is 7.05 Å². The van der Waals surface area contributed by atoms with Crippen LogP contribution in [0.3, 0.4) is 0 Å². The summed E-state index contributed by atoms with van der Waals surface area (Å²) >= 11 is 5.77. The first-order valence-electron chi connectivity index (χ1n) is 5.12. The summed E-state index contributed by atoms with van der Waals surface area (Å²) < 4.78 is 1.60. The van der Waals surface area contributed by atoms with E-state index in [9.17, 15) is 4.79 Å². The van der Waals surface area contributed by atoms with Crippen molar-refractivity contribution < 1.29 is 4.79 Å². The van der Waals surface area contributed by atoms with Gasteiger partial charge in [0.25, 0.3) is 0 Å². The lowest BCUT2D eigenvalue weighted by Gasteiger charge is -1.93. The highest BCUT2D eigenvalue weighted by Gasteiger charge is 2.03. The van der Waals surface area contributed by atoms with Crippen molar-refractivity contribution >= 4 is 23.5 Å². The van der Waals surface area contributed by atoms with Crippen LogP contribution in [0.4, 0.5) is 0 Å². The lowest BCUT2D eigenvalue weighted by Crippen LogP contribution is -1.91. The smallest absolute Gasteiger partial charge is 0.189 e. The van der Waals surface area contributed by atoms with Crippen LogP contribution >= 0.6 is 11.6 Å². The molecule has 0 aliphatic heterocycles. The second kappa shape index (κ2) is 4.97. The third kappa shape index (κ3) is 3.04. The summed E-state index contributed by atoms with van der Waals surface area (Å²) in [6.07, 6.45) is 6.52. The maximum atomic E-state index is 11.7. The monoisotopic (exact) mass is 246 g/mol. The molecule has 0 atom stereocenters. The van der Waals surface area contributed by atoms with Gasteiger partial charge in [0.05, 0.1) is 11.8 Å². The second-order valence-corrected chi connectivity index (χ2v) is 4.09. The molecule has 0 unspecified atom stereocenters. The van der Waals surface area contributed by atoms with Gasteiger partial charge in [-0.2, -0.15) is 5.10 Å². The number of hydrogen-bond donors (Lipinski definition) is 0. The molecule has 0 amide bonds. The van der Waals surface area contributed by atoms with Gasteiger partial charge in [0, 0.05) is 18.3 Å². The minimum Gasteiger partial charge on any atom is -0.289 e. The van der Waals surface area contributed by atoms with E-state index in [2.05, 4.69) is 5.10 Å². The molecule has 0 spiro atoms. The van der Waals surface area contributed by atoms with E-state index in [4.69, 9.17) is 11.6 Å². The molecule has 0 fully saturated rings. The van der Waals surface area contributed by atoms with E-state index in [0.717, 1.165) is 5.56 Å². The van der Waals surface area contributed by atoms with Crippen LogP contribution in [0.25, 0.3) is 6.08 Å². The number of allylic oxidation sites excluding steroid dienone is 1. The molecule has 0 aliphatic carbocycles. The Morgan fingerprint density at radius 3 is 2.65 bits per heavy atom. The first-order chi connectivity index (χ1) is 8.15. The molecule has 1 heterocycles. The van der Waals surface area contributed by atoms with E-state index in [1.54, 1.807) is 42.3 Å². The van der Waals surface area contributed by atoms with Gasteiger partial charge in [0.15, 0.2) is 5.78 Å². The van der Waals surface area contributed by atoms with Gasteiger partial charge >= 0.3 is 0 Å². The Kier molecular flexibility index (Phi) is 3.40. The Morgan fingerprint density at radius 1 is 1.35 bits per heavy atom. The number of ketones is 1. The van der Waals surface area contributed by atoms with Crippen LogP contribution in [0, 0.1) is 0 Å². The van der Waals surface area contributed by atoms with E-state index in [1.165, 1.54) is 6.08 Å². The van der Waals surface area contributed by atoms with E-state index >= 15 is 0 Å². The van der Waals surface area contributed by atoms with Crippen molar-refractivity contribution in [2.75, 3.05) is 0 Å². The quantitative estimate of drug-likeness (QED) is 0.617. The van der Waals surface area contributed by atoms with Gasteiger partial charge in [-0.25, -0.2) is 0 Å². The molecule has 0 aliphatic rings. The molecule has 3 nitrogen and oxygen atoms in total. The van der Waals surface area contributed by atoms with Gasteiger partial charge in [-0.1, -0.05) is 29.8 Å². The summed E-state index contributed by atoms with van der Waals surface area (Å²) in [6, 6.07) is 7.29. The number of aryl methyl sites for hydroxylation is 1. The zero-order valence-electron chi connectivity index (χ0n) is 9.30. The molecule has 0 saturated heterocycles. The molecular formula is C13H11ClN2O. The molecule has 1 aromatic carbocycles. The summed E-state index contributed by atoms with van der Waals surface area (Å²) in [6.45, 7) is 0. The Balaban J connectivity index is 2.10. The van der Waals surface area contributed by atoms with Gasteiger partial charge < -0.3 is 0 Å². The van der Waals surface area contributed by atoms with Gasteiger partial charge in [-0.05, 0) is 23.8 Å². The van der Waals surface area contributed by atoms with Crippen LogP contribution in [0.1, 0.15) is 15.9 Å². The Labute approximate surface area is 104 Å². The van der Waals surface area contributed by atoms with Crippen molar-refractivity contribution in [1.82, 2.24) is 9.78 Å². The van der Waals surface area contributed by atoms with Crippen LogP contribution in [-0.4, -0.2) is 15.6 Å². The number of benzene rings is 1. The van der Waals surface area contributed by atoms with Gasteiger partial charge in [-0.15, -0.1) is 0 Å². The highest BCUT2D eigenvalue weighted by Crippen LogP contribution is 2.11. The molecule has 1 aromatic heterocycles. The van der Waals surface area contributed by atoms with Crippen LogP contribution < -0.4 is 0 Å². The minimum atomic E-state index is -0.0620. The molecule has 4 heteroatoms. The van der Waals surface area contributed by atoms with E-state index < -0.39 is 0 Å². The average Bonchev–Trinajstić information content (AvgIpc) is 2.75. The largest absolute Gasteiger partial charge is 0.289 e. The molecule has 2 aromatic rings. The van der Waals surface area contributed by atoms with Gasteiger partial charge in [0.1, 0.15) is 0 Å². The van der Waals surface area contributed by atoms with Gasteiger partial charge in [-0.3, -0.25) is 9.48 Å². The summed E-state index contributed by atoms with van der Waals surface area (Å²) in [5, 5.41) is 4.63. The van der Waals surface area contributed by atoms with Gasteiger partial charge in [0.2, 0.25) is 0 Å². The van der Waals surface area contributed by atoms with E-state index in [-0.39, 0.29) is 5.78 Å². The van der Waals surface area contributed by atoms with Crippen LogP contribution in [0.2, 0.25) is 5.02 Å². The zero-order chi connectivity index (χ0) is 12.3. The van der Waals surface area contributed by atoms with Crippen molar-refractivity contribution in [3.8, 4) is 0 Å². The number of halogens is 1. The number of carbonyl (C=O) groups is 1. The number of aromatic nitrogens is 2. The maximum absolute atomic E-state index is 11.7. The number of carbonyl (C=O) groups excluding carboxylic acids is 1. The predicted molar refractivity (Wildman–Crippen MR) is 68.0 cm³/mol. The first kappa shape index (κ1) is 11.6. The summed E-state index contributed by atoms with van der Waals surface area (Å²) in [5.41, 5.74) is 1.52. The molecule has 86 valence electrons. The Morgan fingerprint density at radius 2 is 2.06 bits per heavy atom. The molecule has 2 rings (SSSR count). The number of rotatable bonds is 3. The Bertz CT molecular complexity index is 555. The van der Waals surface area contributed by atoms with Crippen LogP contribution in [0.15, 0.2) is 42.7 Å². The maximum Gasteiger partial charge on any atom is 0.189 e. The summed E-state index contributed by atoms with van der Waals surface area (Å²) in [7, 11) is 1.78. The standard InChI is InChI=1S/C13H11ClN2O/c1-16-9-11(8-15-16)13(17)7-4-10-2-5-12(14)6-3-10/h2-9H,1H3/b7-4+. The van der Waals surface area contributed by atoms with Crippen molar-refractivity contribution in [3.63, 3.8) is 0 Å². The van der Waals surface area contributed by atoms with E-state index in [0.29, 0.717) is 10.6 Å². The molecule has 0 N–H and O–H groups in total. The minimum absolute atomic E-state index is 0.0620. The van der Waals surface area contributed by atoms with Crippen molar-refractivity contribution in [2.45, 2.75) is 0 Å². The second-order valence-electron chi connectivity index (χ2n) is 3.65. The summed E-state index contributed by atoms with van der Waals surface area (Å²) in [4.78, 5) is 11.7. The fraction of sp³-hybridized carbons (Fsp3) is 0.0769. The lowest BCUT2D eigenvalue weighted by atomic mass is 10.1. The lowest BCUT2D eigenvalue weighted by molar-refractivity contribution is 0.104. The molecular weight excluding hydrogens is 236 g/mol. The number of hydrogen-bond acceptors (Lipinski definition) is 2. The first-order valence-corrected chi connectivity index (χ1v) is 5.49. The third-order valence-electron chi connectivity index (χ3n) is 2.29. The molecule has 0 bridgehead atoms. The van der Waals surface area contributed by atoms with Crippen molar-refractivity contribution in [2.24, 2.45) is 7.05 Å². The van der Waals surface area contributed by atoms with Crippen molar-refractivity contribution in [1.29, 1.82) is 0 Å². The number of nitrogens with zero attached hydrogens (tertiary/aromatic N) is 2. The zero-order valence-corrected chi connectivity index (χ0v) is 10.1. The highest BCUT2D eigenvalue weighted by atomic mass is 35.5.